The van der Waals surface area contributed by atoms with Gasteiger partial charge in [0.25, 0.3) is 0 Å². The summed E-state index contributed by atoms with van der Waals surface area (Å²) in [4.78, 5) is 10.3. The van der Waals surface area contributed by atoms with Gasteiger partial charge in [0.2, 0.25) is 0 Å². The molecule has 0 aromatic carbocycles. The molecule has 2 N–H and O–H groups in total. The van der Waals surface area contributed by atoms with Gasteiger partial charge in [-0.2, -0.15) is 11.8 Å². The fourth-order valence-electron chi connectivity index (χ4n) is 1.11. The zero-order chi connectivity index (χ0) is 8.10. The molecule has 0 bridgehead atoms. The molecule has 1 heterocycles. The largest absolute Gasteiger partial charge is 0.481 e. The Morgan fingerprint density at radius 3 is 3.27 bits per heavy atom. The van der Waals surface area contributed by atoms with Crippen molar-refractivity contribution in [2.24, 2.45) is 0 Å². The molecule has 0 aromatic heterocycles. The Morgan fingerprint density at radius 1 is 1.73 bits per heavy atom. The molecule has 1 aliphatic heterocycles. The molecule has 1 unspecified atom stereocenters. The lowest BCUT2D eigenvalue weighted by molar-refractivity contribution is -0.137. The van der Waals surface area contributed by atoms with Crippen LogP contribution in [0.4, 0.5) is 0 Å². The average Bonchev–Trinajstić information content (AvgIpc) is 2.14. The van der Waals surface area contributed by atoms with Crippen molar-refractivity contribution in [3.63, 3.8) is 0 Å². The summed E-state index contributed by atoms with van der Waals surface area (Å²) >= 11 is 1.84. The zero-order valence-corrected chi connectivity index (χ0v) is 7.19. The van der Waals surface area contributed by atoms with Gasteiger partial charge in [0.1, 0.15) is 0 Å². The van der Waals surface area contributed by atoms with Crippen LogP contribution in [0.15, 0.2) is 0 Å². The van der Waals surface area contributed by atoms with Gasteiger partial charge in [-0.15, -0.1) is 0 Å². The quantitative estimate of drug-likeness (QED) is 0.643. The lowest BCUT2D eigenvalue weighted by Crippen LogP contribution is -2.32. The predicted octanol–water partition coefficient (Wildman–Crippen LogP) is 0.556. The standard InChI is InChI=1S/C7H13NO2S/c9-7(10)4-6-5-11-3-1-2-8-6/h6,8H,1-5H2,(H,9,10). The first-order valence-electron chi connectivity index (χ1n) is 3.82. The first-order chi connectivity index (χ1) is 5.29. The van der Waals surface area contributed by atoms with Crippen molar-refractivity contribution in [3.8, 4) is 0 Å². The van der Waals surface area contributed by atoms with Crippen LogP contribution in [0, 0.1) is 0 Å². The highest BCUT2D eigenvalue weighted by Gasteiger charge is 2.14. The molecule has 64 valence electrons. The highest BCUT2D eigenvalue weighted by Crippen LogP contribution is 2.10. The minimum Gasteiger partial charge on any atom is -0.481 e. The van der Waals surface area contributed by atoms with Crippen molar-refractivity contribution in [1.82, 2.24) is 5.32 Å². The number of aliphatic carboxylic acids is 1. The highest BCUT2D eigenvalue weighted by atomic mass is 32.2. The Morgan fingerprint density at radius 2 is 2.55 bits per heavy atom. The predicted molar refractivity (Wildman–Crippen MR) is 46.0 cm³/mol. The van der Waals surface area contributed by atoms with Crippen molar-refractivity contribution in [3.05, 3.63) is 0 Å². The molecule has 4 heteroatoms. The molecule has 0 amide bonds. The summed E-state index contributed by atoms with van der Waals surface area (Å²) in [6.45, 7) is 0.963. The summed E-state index contributed by atoms with van der Waals surface area (Å²) in [5.74, 6) is 1.39. The molecule has 0 spiro atoms. The van der Waals surface area contributed by atoms with E-state index < -0.39 is 5.97 Å². The van der Waals surface area contributed by atoms with E-state index in [2.05, 4.69) is 5.32 Å². The normalized spacial score (nSPS) is 26.0. The van der Waals surface area contributed by atoms with Crippen LogP contribution in [-0.4, -0.2) is 35.2 Å². The maximum absolute atomic E-state index is 10.3. The molecule has 0 aliphatic carbocycles. The smallest absolute Gasteiger partial charge is 0.304 e. The molecule has 1 rings (SSSR count). The van der Waals surface area contributed by atoms with Gasteiger partial charge in [-0.3, -0.25) is 4.79 Å². The Balaban J connectivity index is 2.25. The summed E-state index contributed by atoms with van der Waals surface area (Å²) in [5, 5.41) is 11.7. The van der Waals surface area contributed by atoms with E-state index in [1.807, 2.05) is 11.8 Å². The molecule has 1 atom stereocenters. The SMILES string of the molecule is O=C(O)CC1CSCCCN1. The number of nitrogens with one attached hydrogen (secondary N) is 1. The monoisotopic (exact) mass is 175 g/mol. The number of hydrogen-bond donors (Lipinski definition) is 2. The third-order valence-corrected chi connectivity index (χ3v) is 2.85. The van der Waals surface area contributed by atoms with Crippen LogP contribution in [0.2, 0.25) is 0 Å². The van der Waals surface area contributed by atoms with Gasteiger partial charge in [0, 0.05) is 11.8 Å². The van der Waals surface area contributed by atoms with Gasteiger partial charge in [0.15, 0.2) is 0 Å². The van der Waals surface area contributed by atoms with E-state index in [1.165, 1.54) is 0 Å². The Hall–Kier alpha value is -0.220. The maximum Gasteiger partial charge on any atom is 0.304 e. The molecule has 3 nitrogen and oxygen atoms in total. The highest BCUT2D eigenvalue weighted by molar-refractivity contribution is 7.99. The molecule has 0 saturated carbocycles. The van der Waals surface area contributed by atoms with E-state index in [4.69, 9.17) is 5.11 Å². The van der Waals surface area contributed by atoms with Crippen molar-refractivity contribution in [2.75, 3.05) is 18.1 Å². The zero-order valence-electron chi connectivity index (χ0n) is 6.38. The van der Waals surface area contributed by atoms with E-state index in [9.17, 15) is 4.79 Å². The van der Waals surface area contributed by atoms with E-state index in [0.29, 0.717) is 0 Å². The van der Waals surface area contributed by atoms with Crippen LogP contribution >= 0.6 is 11.8 Å². The van der Waals surface area contributed by atoms with E-state index in [0.717, 1.165) is 24.5 Å². The van der Waals surface area contributed by atoms with Crippen LogP contribution in [-0.2, 0) is 4.79 Å². The number of carboxylic acid groups (broad SMARTS) is 1. The maximum atomic E-state index is 10.3. The van der Waals surface area contributed by atoms with Crippen molar-refractivity contribution in [1.29, 1.82) is 0 Å². The van der Waals surface area contributed by atoms with E-state index in [-0.39, 0.29) is 12.5 Å². The summed E-state index contributed by atoms with van der Waals surface area (Å²) in [6, 6.07) is 0.181. The number of rotatable bonds is 2. The third kappa shape index (κ3) is 3.62. The fraction of sp³-hybridized carbons (Fsp3) is 0.857. The van der Waals surface area contributed by atoms with Crippen molar-refractivity contribution < 1.29 is 9.90 Å². The van der Waals surface area contributed by atoms with Crippen LogP contribution in [0.5, 0.6) is 0 Å². The Bertz CT molecular complexity index is 132. The van der Waals surface area contributed by atoms with Crippen LogP contribution in [0.1, 0.15) is 12.8 Å². The molecule has 1 saturated heterocycles. The van der Waals surface area contributed by atoms with Gasteiger partial charge < -0.3 is 10.4 Å². The number of thioether (sulfide) groups is 1. The number of carbonyl (C=O) groups is 1. The summed E-state index contributed by atoms with van der Waals surface area (Å²) in [6.07, 6.45) is 1.41. The first kappa shape index (κ1) is 8.87. The minimum atomic E-state index is -0.704. The molecule has 0 radical (unpaired) electrons. The summed E-state index contributed by atoms with van der Waals surface area (Å²) in [5.41, 5.74) is 0. The van der Waals surface area contributed by atoms with Gasteiger partial charge >= 0.3 is 5.97 Å². The van der Waals surface area contributed by atoms with E-state index in [1.54, 1.807) is 0 Å². The molecule has 1 aliphatic rings. The second-order valence-electron chi connectivity index (χ2n) is 2.68. The van der Waals surface area contributed by atoms with Crippen molar-refractivity contribution in [2.45, 2.75) is 18.9 Å². The Kier molecular flexibility index (Phi) is 3.72. The second-order valence-corrected chi connectivity index (χ2v) is 3.83. The topological polar surface area (TPSA) is 49.3 Å². The van der Waals surface area contributed by atoms with Gasteiger partial charge in [-0.1, -0.05) is 0 Å². The molecule has 1 fully saturated rings. The minimum absolute atomic E-state index is 0.181. The fourth-order valence-corrected chi connectivity index (χ4v) is 2.14. The second kappa shape index (κ2) is 4.62. The summed E-state index contributed by atoms with van der Waals surface area (Å²) in [7, 11) is 0. The van der Waals surface area contributed by atoms with Crippen LogP contribution < -0.4 is 5.32 Å². The third-order valence-electron chi connectivity index (χ3n) is 1.64. The van der Waals surface area contributed by atoms with Gasteiger partial charge in [-0.25, -0.2) is 0 Å². The first-order valence-corrected chi connectivity index (χ1v) is 4.97. The lowest BCUT2D eigenvalue weighted by Gasteiger charge is -2.11. The van der Waals surface area contributed by atoms with Gasteiger partial charge in [0.05, 0.1) is 6.42 Å². The van der Waals surface area contributed by atoms with Crippen LogP contribution in [0.3, 0.4) is 0 Å². The van der Waals surface area contributed by atoms with Crippen molar-refractivity contribution >= 4 is 17.7 Å². The summed E-state index contributed by atoms with van der Waals surface area (Å²) < 4.78 is 0. The number of hydrogen-bond acceptors (Lipinski definition) is 3. The number of carboxylic acids is 1. The molecule has 0 aromatic rings. The van der Waals surface area contributed by atoms with E-state index >= 15 is 0 Å². The molecular weight excluding hydrogens is 162 g/mol. The average molecular weight is 175 g/mol. The lowest BCUT2D eigenvalue weighted by atomic mass is 10.2. The van der Waals surface area contributed by atoms with Gasteiger partial charge in [-0.05, 0) is 18.7 Å². The molecule has 11 heavy (non-hydrogen) atoms. The Labute approximate surface area is 70.6 Å². The van der Waals surface area contributed by atoms with Crippen LogP contribution in [0.25, 0.3) is 0 Å². The molecular formula is C7H13NO2S.